The average molecular weight is 97.1 g/mol. The maximum absolute atomic E-state index is 4.68. The van der Waals surface area contributed by atoms with Gasteiger partial charge in [0.05, 0.1) is 0 Å². The highest BCUT2D eigenvalue weighted by Gasteiger charge is 1.85. The quantitative estimate of drug-likeness (QED) is 0.440. The van der Waals surface area contributed by atoms with Crippen LogP contribution in [0.15, 0.2) is 11.2 Å². The van der Waals surface area contributed by atoms with Crippen LogP contribution in [0.25, 0.3) is 0 Å². The molecule has 0 radical (unpaired) electrons. The van der Waals surface area contributed by atoms with Gasteiger partial charge in [0.2, 0.25) is 0 Å². The van der Waals surface area contributed by atoms with E-state index < -0.39 is 0 Å². The second-order valence-corrected chi connectivity index (χ2v) is 1.40. The Balaban J connectivity index is 2.40. The summed E-state index contributed by atoms with van der Waals surface area (Å²) < 4.78 is 0. The zero-order valence-electron chi connectivity index (χ0n) is 4.05. The number of nitrogens with zero attached hydrogens (tertiary/aromatic N) is 1. The molecule has 0 aromatic rings. The van der Waals surface area contributed by atoms with Gasteiger partial charge < -0.3 is 4.84 Å². The summed E-state index contributed by atoms with van der Waals surface area (Å²) in [6.07, 6.45) is 3.99. The van der Waals surface area contributed by atoms with Gasteiger partial charge in [0.15, 0.2) is 0 Å². The van der Waals surface area contributed by atoms with Crippen LogP contribution in [0.1, 0.15) is 12.8 Å². The molecule has 2 nitrogen and oxygen atoms in total. The highest BCUT2D eigenvalue weighted by Crippen LogP contribution is 1.92. The molecule has 2 heteroatoms. The van der Waals surface area contributed by atoms with E-state index in [1.807, 2.05) is 6.08 Å². The lowest BCUT2D eigenvalue weighted by atomic mass is 10.3. The summed E-state index contributed by atoms with van der Waals surface area (Å²) in [7, 11) is 0. The van der Waals surface area contributed by atoms with Crippen molar-refractivity contribution in [2.45, 2.75) is 12.8 Å². The summed E-state index contributed by atoms with van der Waals surface area (Å²) >= 11 is 0. The van der Waals surface area contributed by atoms with Crippen LogP contribution in [-0.4, -0.2) is 12.5 Å². The van der Waals surface area contributed by atoms with E-state index in [9.17, 15) is 0 Å². The van der Waals surface area contributed by atoms with E-state index >= 15 is 0 Å². The fraction of sp³-hybridized carbons (Fsp3) is 0.600. The molecule has 0 amide bonds. The maximum atomic E-state index is 4.68. The van der Waals surface area contributed by atoms with Gasteiger partial charge in [-0.25, -0.2) is 0 Å². The molecule has 1 aliphatic heterocycles. The molecule has 0 saturated heterocycles. The molecular formula is C5H7NO. The van der Waals surface area contributed by atoms with Crippen LogP contribution in [0.2, 0.25) is 0 Å². The molecule has 0 bridgehead atoms. The molecule has 0 fully saturated rings. The molecule has 7 heavy (non-hydrogen) atoms. The van der Waals surface area contributed by atoms with Crippen LogP contribution in [0, 0.1) is 0 Å². The van der Waals surface area contributed by atoms with Gasteiger partial charge in [-0.1, -0.05) is 0 Å². The van der Waals surface area contributed by atoms with Crippen molar-refractivity contribution in [1.82, 2.24) is 0 Å². The van der Waals surface area contributed by atoms with Crippen molar-refractivity contribution in [3.63, 3.8) is 0 Å². The molecule has 0 spiro atoms. The van der Waals surface area contributed by atoms with Gasteiger partial charge in [0.1, 0.15) is 6.61 Å². The standard InChI is InChI=1S/C5H7NO/c1-2-4-6-7-5-3-1/h2H,1,3,5H2. The van der Waals surface area contributed by atoms with E-state index in [-0.39, 0.29) is 0 Å². The molecule has 0 aromatic carbocycles. The van der Waals surface area contributed by atoms with Gasteiger partial charge in [-0.3, -0.25) is 0 Å². The van der Waals surface area contributed by atoms with Crippen LogP contribution >= 0.6 is 0 Å². The number of allylic oxidation sites excluding steroid dienone is 1. The smallest absolute Gasteiger partial charge is 0.118 e. The Kier molecular flexibility index (Phi) is 1.53. The average Bonchev–Trinajstić information content (AvgIpc) is 1.90. The Morgan fingerprint density at radius 3 is 3.71 bits per heavy atom. The van der Waals surface area contributed by atoms with Crippen molar-refractivity contribution < 1.29 is 4.84 Å². The zero-order valence-corrected chi connectivity index (χ0v) is 4.05. The maximum Gasteiger partial charge on any atom is 0.118 e. The van der Waals surface area contributed by atoms with Crippen LogP contribution in [0.5, 0.6) is 0 Å². The summed E-state index contributed by atoms with van der Waals surface area (Å²) in [5.74, 6) is 2.62. The van der Waals surface area contributed by atoms with E-state index in [2.05, 4.69) is 15.9 Å². The predicted molar refractivity (Wildman–Crippen MR) is 27.2 cm³/mol. The van der Waals surface area contributed by atoms with Gasteiger partial charge >= 0.3 is 0 Å². The summed E-state index contributed by atoms with van der Waals surface area (Å²) in [5, 5.41) is 3.47. The van der Waals surface area contributed by atoms with E-state index in [0.29, 0.717) is 0 Å². The van der Waals surface area contributed by atoms with Crippen molar-refractivity contribution in [2.24, 2.45) is 5.16 Å². The molecular weight excluding hydrogens is 90.1 g/mol. The van der Waals surface area contributed by atoms with Gasteiger partial charge in [-0.2, -0.15) is 0 Å². The minimum Gasteiger partial charge on any atom is -0.389 e. The van der Waals surface area contributed by atoms with Crippen LogP contribution in [0.3, 0.4) is 0 Å². The van der Waals surface area contributed by atoms with E-state index in [1.165, 1.54) is 0 Å². The predicted octanol–water partition coefficient (Wildman–Crippen LogP) is 0.938. The van der Waals surface area contributed by atoms with Crippen LogP contribution < -0.4 is 0 Å². The highest BCUT2D eigenvalue weighted by atomic mass is 16.6. The lowest BCUT2D eigenvalue weighted by molar-refractivity contribution is 0.147. The molecule has 1 heterocycles. The van der Waals surface area contributed by atoms with E-state index in [1.54, 1.807) is 0 Å². The fourth-order valence-electron chi connectivity index (χ4n) is 0.435. The Hall–Kier alpha value is -0.750. The lowest BCUT2D eigenvalue weighted by Gasteiger charge is -1.87. The number of hydrogen-bond acceptors (Lipinski definition) is 2. The zero-order chi connectivity index (χ0) is 4.95. The normalized spacial score (nSPS) is 18.3. The highest BCUT2D eigenvalue weighted by molar-refractivity contribution is 5.50. The van der Waals surface area contributed by atoms with Crippen LogP contribution in [-0.2, 0) is 4.84 Å². The first kappa shape index (κ1) is 4.41. The van der Waals surface area contributed by atoms with Crippen molar-refractivity contribution in [3.05, 3.63) is 6.08 Å². The SMILES string of the molecule is C1=CCCCON=1. The van der Waals surface area contributed by atoms with Gasteiger partial charge in [-0.05, 0) is 24.1 Å². The molecule has 0 atom stereocenters. The van der Waals surface area contributed by atoms with Crippen molar-refractivity contribution in [2.75, 3.05) is 6.61 Å². The van der Waals surface area contributed by atoms with Crippen molar-refractivity contribution >= 4 is 5.87 Å². The monoisotopic (exact) mass is 97.1 g/mol. The third-order valence-electron chi connectivity index (χ3n) is 0.793. The summed E-state index contributed by atoms with van der Waals surface area (Å²) in [4.78, 5) is 4.68. The second-order valence-electron chi connectivity index (χ2n) is 1.40. The minimum absolute atomic E-state index is 0.740. The fourth-order valence-corrected chi connectivity index (χ4v) is 0.435. The Labute approximate surface area is 42.5 Å². The molecule has 0 saturated carbocycles. The Morgan fingerprint density at radius 2 is 2.71 bits per heavy atom. The van der Waals surface area contributed by atoms with Crippen LogP contribution in [0.4, 0.5) is 0 Å². The van der Waals surface area contributed by atoms with Gasteiger partial charge in [-0.15, -0.1) is 0 Å². The first-order valence-electron chi connectivity index (χ1n) is 2.39. The molecule has 0 unspecified atom stereocenters. The summed E-state index contributed by atoms with van der Waals surface area (Å²) in [6.45, 7) is 0.740. The third-order valence-corrected chi connectivity index (χ3v) is 0.793. The summed E-state index contributed by atoms with van der Waals surface area (Å²) in [6, 6.07) is 0. The Bertz CT molecular complexity index is 92.6. The molecule has 0 aromatic heterocycles. The van der Waals surface area contributed by atoms with Crippen molar-refractivity contribution in [1.29, 1.82) is 0 Å². The topological polar surface area (TPSA) is 21.6 Å². The van der Waals surface area contributed by atoms with Crippen molar-refractivity contribution in [3.8, 4) is 0 Å². The lowest BCUT2D eigenvalue weighted by Crippen LogP contribution is -1.81. The molecule has 0 aliphatic carbocycles. The number of rotatable bonds is 0. The molecule has 1 aliphatic rings. The van der Waals surface area contributed by atoms with Gasteiger partial charge in [0.25, 0.3) is 0 Å². The first-order valence-corrected chi connectivity index (χ1v) is 2.39. The van der Waals surface area contributed by atoms with Gasteiger partial charge in [0, 0.05) is 5.87 Å². The first-order chi connectivity index (χ1) is 3.50. The molecule has 38 valence electrons. The van der Waals surface area contributed by atoms with E-state index in [4.69, 9.17) is 0 Å². The molecule has 1 rings (SSSR count). The largest absolute Gasteiger partial charge is 0.389 e. The number of hydrogen-bond donors (Lipinski definition) is 0. The molecule has 0 N–H and O–H groups in total. The van der Waals surface area contributed by atoms with E-state index in [0.717, 1.165) is 19.4 Å². The minimum atomic E-state index is 0.740. The third kappa shape index (κ3) is 1.42. The Morgan fingerprint density at radius 1 is 1.71 bits per heavy atom. The second kappa shape index (κ2) is 2.43. The summed E-state index contributed by atoms with van der Waals surface area (Å²) in [5.41, 5.74) is 0.